The van der Waals surface area contributed by atoms with Crippen LogP contribution in [0.5, 0.6) is 0 Å². The Morgan fingerprint density at radius 2 is 1.00 bits per heavy atom. The molecule has 0 aromatic heterocycles. The molecule has 0 aliphatic rings. The van der Waals surface area contributed by atoms with E-state index in [-0.39, 0.29) is 68.0 Å². The van der Waals surface area contributed by atoms with E-state index in [9.17, 15) is 24.0 Å². The predicted octanol–water partition coefficient (Wildman–Crippen LogP) is -6.62. The third-order valence-corrected chi connectivity index (χ3v) is 1.94. The molecule has 0 amide bonds. The average molecular weight is 458 g/mol. The van der Waals surface area contributed by atoms with Gasteiger partial charge in [-0.15, -0.1) is 0 Å². The molecule has 0 aliphatic heterocycles. The fourth-order valence-electron chi connectivity index (χ4n) is 0.967. The molecular weight excluding hydrogens is 432 g/mol. The van der Waals surface area contributed by atoms with E-state index in [1.54, 1.807) is 0 Å². The summed E-state index contributed by atoms with van der Waals surface area (Å²) in [6, 6.07) is 0. The standard InChI is InChI=1S/C6H8O7.C4H6O5.Ca.5H2O.2H/c7-3(8)1-6(13,5(11)12)2-4(9)10;5-2(4(8)9)1-3(6)7;;;;;;;;/h13H,1-2H2,(H,7,8)(H,9,10)(H,11,12);2,5H,1H2,(H,6,7)(H,8,9);;5*1H2;;/q;;+2;;;;;;2*-1. The maximum absolute atomic E-state index is 10.3. The summed E-state index contributed by atoms with van der Waals surface area (Å²) >= 11 is 0. The molecular formula is C10H26CaO17. The summed E-state index contributed by atoms with van der Waals surface area (Å²) < 4.78 is 0. The van der Waals surface area contributed by atoms with Crippen LogP contribution in [0.1, 0.15) is 22.1 Å². The van der Waals surface area contributed by atoms with Crippen molar-refractivity contribution in [1.82, 2.24) is 0 Å². The zero-order valence-corrected chi connectivity index (χ0v) is 16.3. The van der Waals surface area contributed by atoms with Gasteiger partial charge in [-0.05, 0) is 0 Å². The number of carbonyl (C=O) groups is 5. The molecule has 0 bridgehead atoms. The van der Waals surface area contributed by atoms with Crippen molar-refractivity contribution in [3.63, 3.8) is 0 Å². The van der Waals surface area contributed by atoms with E-state index in [4.69, 9.17) is 35.7 Å². The van der Waals surface area contributed by atoms with Crippen LogP contribution in [0.15, 0.2) is 0 Å². The van der Waals surface area contributed by atoms with Crippen LogP contribution in [0.2, 0.25) is 0 Å². The first-order valence-electron chi connectivity index (χ1n) is 5.34. The number of rotatable bonds is 8. The van der Waals surface area contributed by atoms with Crippen LogP contribution in [-0.4, -0.2) is 142 Å². The second kappa shape index (κ2) is 23.4. The molecule has 17 nitrogen and oxygen atoms in total. The Hall–Kier alpha value is -1.67. The molecule has 18 heteroatoms. The molecule has 0 spiro atoms. The van der Waals surface area contributed by atoms with Gasteiger partial charge in [-0.2, -0.15) is 0 Å². The minimum Gasteiger partial charge on any atom is -1.00 e. The zero-order valence-electron chi connectivity index (χ0n) is 16.1. The fourth-order valence-corrected chi connectivity index (χ4v) is 0.967. The van der Waals surface area contributed by atoms with Gasteiger partial charge in [0.25, 0.3) is 0 Å². The number of aliphatic carboxylic acids is 5. The first-order valence-corrected chi connectivity index (χ1v) is 5.34. The van der Waals surface area contributed by atoms with Gasteiger partial charge in [0.15, 0.2) is 11.7 Å². The van der Waals surface area contributed by atoms with Gasteiger partial charge >= 0.3 is 67.6 Å². The van der Waals surface area contributed by atoms with Crippen LogP contribution in [0, 0.1) is 0 Å². The molecule has 0 radical (unpaired) electrons. The Labute approximate surface area is 188 Å². The summed E-state index contributed by atoms with van der Waals surface area (Å²) in [6.07, 6.45) is -4.83. The van der Waals surface area contributed by atoms with Crippen molar-refractivity contribution in [3.05, 3.63) is 0 Å². The first-order chi connectivity index (χ1) is 9.81. The number of hydrogen-bond acceptors (Lipinski definition) is 7. The van der Waals surface area contributed by atoms with Crippen molar-refractivity contribution < 1.29 is 90.0 Å². The van der Waals surface area contributed by atoms with Crippen molar-refractivity contribution in [2.75, 3.05) is 0 Å². The molecule has 1 atom stereocenters. The SMILES string of the molecule is O.O.O.O.O.O=C(O)CC(O)(CC(=O)O)C(=O)O.O=C(O)CC(O)C(=O)O.[Ca+2].[H-].[H-]. The largest absolute Gasteiger partial charge is 2.00 e. The molecule has 28 heavy (non-hydrogen) atoms. The summed E-state index contributed by atoms with van der Waals surface area (Å²) in [5.41, 5.74) is -2.74. The minimum atomic E-state index is -2.74. The van der Waals surface area contributed by atoms with Gasteiger partial charge in [0.05, 0.1) is 19.3 Å². The van der Waals surface area contributed by atoms with Gasteiger partial charge in [-0.25, -0.2) is 9.59 Å². The smallest absolute Gasteiger partial charge is 1.00 e. The third-order valence-electron chi connectivity index (χ3n) is 1.94. The molecule has 0 aromatic carbocycles. The van der Waals surface area contributed by atoms with Crippen molar-refractivity contribution in [3.8, 4) is 0 Å². The average Bonchev–Trinajstić information content (AvgIpc) is 2.25. The quantitative estimate of drug-likeness (QED) is 0.167. The van der Waals surface area contributed by atoms with Gasteiger partial charge in [0.1, 0.15) is 0 Å². The third kappa shape index (κ3) is 26.6. The molecule has 0 aliphatic carbocycles. The molecule has 0 fully saturated rings. The van der Waals surface area contributed by atoms with Gasteiger partial charge in [0, 0.05) is 0 Å². The summed E-state index contributed by atoms with van der Waals surface area (Å²) in [5, 5.41) is 58.0. The van der Waals surface area contributed by atoms with Crippen LogP contribution in [-0.2, 0) is 24.0 Å². The second-order valence-electron chi connectivity index (χ2n) is 3.93. The van der Waals surface area contributed by atoms with E-state index in [1.807, 2.05) is 0 Å². The molecule has 17 N–H and O–H groups in total. The number of aliphatic hydroxyl groups is 2. The molecule has 0 rings (SSSR count). The number of carboxylic acid groups (broad SMARTS) is 5. The Bertz CT molecular complexity index is 457. The van der Waals surface area contributed by atoms with E-state index >= 15 is 0 Å². The van der Waals surface area contributed by atoms with E-state index in [1.165, 1.54) is 0 Å². The molecule has 0 saturated heterocycles. The Balaban J connectivity index is -0.0000000272. The van der Waals surface area contributed by atoms with Crippen molar-refractivity contribution in [2.45, 2.75) is 31.0 Å². The summed E-state index contributed by atoms with van der Waals surface area (Å²) in [6.45, 7) is 0. The number of carboxylic acids is 5. The maximum atomic E-state index is 10.3. The van der Waals surface area contributed by atoms with E-state index in [0.717, 1.165) is 0 Å². The molecule has 0 aromatic rings. The van der Waals surface area contributed by atoms with Crippen LogP contribution >= 0.6 is 0 Å². The van der Waals surface area contributed by atoms with E-state index in [0.29, 0.717) is 0 Å². The normalized spacial score (nSPS) is 9.07. The van der Waals surface area contributed by atoms with Crippen LogP contribution in [0.3, 0.4) is 0 Å². The van der Waals surface area contributed by atoms with Crippen molar-refractivity contribution >= 4 is 67.6 Å². The second-order valence-corrected chi connectivity index (χ2v) is 3.93. The van der Waals surface area contributed by atoms with Gasteiger partial charge in [0.2, 0.25) is 0 Å². The van der Waals surface area contributed by atoms with Crippen molar-refractivity contribution in [1.29, 1.82) is 0 Å². The Morgan fingerprint density at radius 3 is 1.11 bits per heavy atom. The topological polar surface area (TPSA) is 384 Å². The van der Waals surface area contributed by atoms with E-state index in [2.05, 4.69) is 0 Å². The van der Waals surface area contributed by atoms with Crippen LogP contribution < -0.4 is 0 Å². The van der Waals surface area contributed by atoms with Crippen LogP contribution in [0.4, 0.5) is 0 Å². The number of aliphatic hydroxyl groups excluding tert-OH is 1. The molecule has 1 unspecified atom stereocenters. The van der Waals surface area contributed by atoms with Crippen LogP contribution in [0.25, 0.3) is 0 Å². The van der Waals surface area contributed by atoms with Gasteiger partial charge < -0.3 is 66.0 Å². The van der Waals surface area contributed by atoms with Gasteiger partial charge in [-0.1, -0.05) is 0 Å². The summed E-state index contributed by atoms with van der Waals surface area (Å²) in [5.74, 6) is -7.86. The molecule has 0 saturated carbocycles. The number of hydrogen-bond donors (Lipinski definition) is 7. The summed E-state index contributed by atoms with van der Waals surface area (Å²) in [7, 11) is 0. The van der Waals surface area contributed by atoms with Crippen molar-refractivity contribution in [2.24, 2.45) is 0 Å². The first kappa shape index (κ1) is 50.3. The van der Waals surface area contributed by atoms with E-state index < -0.39 is 60.8 Å². The monoisotopic (exact) mass is 458 g/mol. The predicted molar refractivity (Wildman–Crippen MR) is 89.0 cm³/mol. The molecule has 170 valence electrons. The maximum Gasteiger partial charge on any atom is 2.00 e. The van der Waals surface area contributed by atoms with Gasteiger partial charge in [-0.3, -0.25) is 14.4 Å². The molecule has 0 heterocycles. The fraction of sp³-hybridized carbons (Fsp3) is 0.500. The Kier molecular flexibility index (Phi) is 42.0. The zero-order chi connectivity index (χ0) is 18.1. The minimum absolute atomic E-state index is 0. The summed E-state index contributed by atoms with van der Waals surface area (Å²) in [4.78, 5) is 49.9. The Morgan fingerprint density at radius 1 is 0.714 bits per heavy atom.